The van der Waals surface area contributed by atoms with Gasteiger partial charge in [0.1, 0.15) is 0 Å². The average Bonchev–Trinajstić information content (AvgIpc) is 2.68. The molecule has 0 saturated carbocycles. The van der Waals surface area contributed by atoms with Crippen molar-refractivity contribution < 1.29 is 14.3 Å². The van der Waals surface area contributed by atoms with Crippen molar-refractivity contribution >= 4 is 41.0 Å². The summed E-state index contributed by atoms with van der Waals surface area (Å²) in [5.41, 5.74) is 0.137. The molecule has 1 aromatic carbocycles. The van der Waals surface area contributed by atoms with E-state index in [0.717, 1.165) is 0 Å². The van der Waals surface area contributed by atoms with Gasteiger partial charge in [-0.05, 0) is 24.3 Å². The number of piperazine rings is 1. The van der Waals surface area contributed by atoms with Crippen molar-refractivity contribution in [3.05, 3.63) is 52.3 Å². The maximum absolute atomic E-state index is 12.3. The molecule has 1 aromatic heterocycles. The second kappa shape index (κ2) is 8.33. The third kappa shape index (κ3) is 4.42. The average molecular weight is 395 g/mol. The SMILES string of the molecule is O=C(OCC(=O)N1CCN(c2ncccn2)CC1)c1cc(Cl)ccc1Cl. The van der Waals surface area contributed by atoms with E-state index < -0.39 is 5.97 Å². The Bertz CT molecular complexity index is 796. The first kappa shape index (κ1) is 18.4. The molecule has 2 heterocycles. The van der Waals surface area contributed by atoms with Crippen LogP contribution in [0.15, 0.2) is 36.7 Å². The highest BCUT2D eigenvalue weighted by Gasteiger charge is 2.23. The van der Waals surface area contributed by atoms with Gasteiger partial charge in [-0.3, -0.25) is 4.79 Å². The number of carbonyl (C=O) groups is 2. The quantitative estimate of drug-likeness (QED) is 0.740. The number of carbonyl (C=O) groups excluding carboxylic acids is 2. The van der Waals surface area contributed by atoms with E-state index >= 15 is 0 Å². The van der Waals surface area contributed by atoms with Crippen molar-refractivity contribution in [2.75, 3.05) is 37.7 Å². The molecule has 9 heteroatoms. The second-order valence-electron chi connectivity index (χ2n) is 5.62. The van der Waals surface area contributed by atoms with E-state index in [1.165, 1.54) is 12.1 Å². The summed E-state index contributed by atoms with van der Waals surface area (Å²) in [7, 11) is 0. The minimum atomic E-state index is -0.679. The molecule has 1 amide bonds. The van der Waals surface area contributed by atoms with Crippen LogP contribution in [0.2, 0.25) is 10.0 Å². The van der Waals surface area contributed by atoms with Crippen LogP contribution in [0.3, 0.4) is 0 Å². The van der Waals surface area contributed by atoms with Gasteiger partial charge in [0, 0.05) is 43.6 Å². The van der Waals surface area contributed by atoms with Crippen molar-refractivity contribution in [2.45, 2.75) is 0 Å². The predicted octanol–water partition coefficient (Wildman–Crippen LogP) is 2.29. The predicted molar refractivity (Wildman–Crippen MR) is 97.6 cm³/mol. The van der Waals surface area contributed by atoms with Gasteiger partial charge in [0.15, 0.2) is 6.61 Å². The summed E-state index contributed by atoms with van der Waals surface area (Å²) in [4.78, 5) is 36.4. The fourth-order valence-electron chi connectivity index (χ4n) is 2.56. The summed E-state index contributed by atoms with van der Waals surface area (Å²) in [6, 6.07) is 6.24. The molecule has 1 aliphatic heterocycles. The number of amides is 1. The number of esters is 1. The minimum Gasteiger partial charge on any atom is -0.452 e. The first-order valence-electron chi connectivity index (χ1n) is 7.96. The van der Waals surface area contributed by atoms with E-state index in [1.54, 1.807) is 29.4 Å². The van der Waals surface area contributed by atoms with Gasteiger partial charge in [-0.25, -0.2) is 14.8 Å². The Kier molecular flexibility index (Phi) is 5.90. The molecule has 0 unspecified atom stereocenters. The molecule has 26 heavy (non-hydrogen) atoms. The molecule has 7 nitrogen and oxygen atoms in total. The van der Waals surface area contributed by atoms with Gasteiger partial charge in [0.25, 0.3) is 5.91 Å². The van der Waals surface area contributed by atoms with Crippen LogP contribution in [0.25, 0.3) is 0 Å². The third-order valence-corrected chi connectivity index (χ3v) is 4.51. The molecule has 0 atom stereocenters. The monoisotopic (exact) mass is 394 g/mol. The zero-order valence-corrected chi connectivity index (χ0v) is 15.3. The lowest BCUT2D eigenvalue weighted by molar-refractivity contribution is -0.134. The summed E-state index contributed by atoms with van der Waals surface area (Å²) in [5.74, 6) is -0.297. The zero-order chi connectivity index (χ0) is 18.5. The molecule has 1 fully saturated rings. The van der Waals surface area contributed by atoms with E-state index in [-0.39, 0.29) is 23.1 Å². The number of benzene rings is 1. The zero-order valence-electron chi connectivity index (χ0n) is 13.8. The standard InChI is InChI=1S/C17H16Cl2N4O3/c18-12-2-3-14(19)13(10-12)16(25)26-11-15(24)22-6-8-23(9-7-22)17-20-4-1-5-21-17/h1-5,10H,6-9,11H2. The third-order valence-electron chi connectivity index (χ3n) is 3.94. The van der Waals surface area contributed by atoms with Crippen LogP contribution in [-0.4, -0.2) is 59.5 Å². The highest BCUT2D eigenvalue weighted by Crippen LogP contribution is 2.21. The molecular formula is C17H16Cl2N4O3. The normalized spacial score (nSPS) is 14.2. The van der Waals surface area contributed by atoms with Gasteiger partial charge in [0.05, 0.1) is 10.6 Å². The van der Waals surface area contributed by atoms with Crippen LogP contribution in [0.5, 0.6) is 0 Å². The van der Waals surface area contributed by atoms with Crippen LogP contribution in [0, 0.1) is 0 Å². The van der Waals surface area contributed by atoms with Gasteiger partial charge in [-0.15, -0.1) is 0 Å². The minimum absolute atomic E-state index is 0.137. The molecule has 0 N–H and O–H groups in total. The van der Waals surface area contributed by atoms with Crippen molar-refractivity contribution in [1.82, 2.24) is 14.9 Å². The number of aromatic nitrogens is 2. The van der Waals surface area contributed by atoms with E-state index in [4.69, 9.17) is 27.9 Å². The van der Waals surface area contributed by atoms with Crippen molar-refractivity contribution in [3.63, 3.8) is 0 Å². The number of anilines is 1. The number of halogens is 2. The van der Waals surface area contributed by atoms with E-state index in [2.05, 4.69) is 9.97 Å². The molecular weight excluding hydrogens is 379 g/mol. The van der Waals surface area contributed by atoms with Gasteiger partial charge in [0.2, 0.25) is 5.95 Å². The molecule has 0 spiro atoms. The van der Waals surface area contributed by atoms with Crippen LogP contribution in [0.4, 0.5) is 5.95 Å². The molecule has 0 aliphatic carbocycles. The van der Waals surface area contributed by atoms with Crippen molar-refractivity contribution in [2.24, 2.45) is 0 Å². The number of rotatable bonds is 4. The van der Waals surface area contributed by atoms with Crippen LogP contribution >= 0.6 is 23.2 Å². The number of nitrogens with zero attached hydrogens (tertiary/aromatic N) is 4. The first-order valence-corrected chi connectivity index (χ1v) is 8.72. The molecule has 0 bridgehead atoms. The fraction of sp³-hybridized carbons (Fsp3) is 0.294. The highest BCUT2D eigenvalue weighted by molar-refractivity contribution is 6.35. The highest BCUT2D eigenvalue weighted by atomic mass is 35.5. The Balaban J connectivity index is 1.50. The van der Waals surface area contributed by atoms with Gasteiger partial charge < -0.3 is 14.5 Å². The van der Waals surface area contributed by atoms with E-state index in [9.17, 15) is 9.59 Å². The Hall–Kier alpha value is -2.38. The van der Waals surface area contributed by atoms with Crippen LogP contribution in [0.1, 0.15) is 10.4 Å². The molecule has 0 radical (unpaired) electrons. The van der Waals surface area contributed by atoms with Gasteiger partial charge in [-0.2, -0.15) is 0 Å². The molecule has 1 saturated heterocycles. The van der Waals surface area contributed by atoms with Gasteiger partial charge in [-0.1, -0.05) is 23.2 Å². The summed E-state index contributed by atoms with van der Waals surface area (Å²) in [6.07, 6.45) is 3.36. The lowest BCUT2D eigenvalue weighted by Gasteiger charge is -2.34. The number of ether oxygens (including phenoxy) is 1. The second-order valence-corrected chi connectivity index (χ2v) is 6.46. The summed E-state index contributed by atoms with van der Waals surface area (Å²) in [5, 5.41) is 0.593. The van der Waals surface area contributed by atoms with Crippen LogP contribution in [-0.2, 0) is 9.53 Å². The molecule has 136 valence electrons. The molecule has 2 aromatic rings. The van der Waals surface area contributed by atoms with Gasteiger partial charge >= 0.3 is 5.97 Å². The maximum atomic E-state index is 12.3. The molecule has 1 aliphatic rings. The number of hydrogen-bond donors (Lipinski definition) is 0. The maximum Gasteiger partial charge on any atom is 0.340 e. The summed E-state index contributed by atoms with van der Waals surface area (Å²) >= 11 is 11.8. The van der Waals surface area contributed by atoms with E-state index in [0.29, 0.717) is 37.1 Å². The van der Waals surface area contributed by atoms with Crippen molar-refractivity contribution in [3.8, 4) is 0 Å². The first-order chi connectivity index (χ1) is 12.5. The Morgan fingerprint density at radius 1 is 1.08 bits per heavy atom. The Morgan fingerprint density at radius 3 is 2.46 bits per heavy atom. The smallest absolute Gasteiger partial charge is 0.340 e. The Labute approximate surface area is 160 Å². The largest absolute Gasteiger partial charge is 0.452 e. The fourth-order valence-corrected chi connectivity index (χ4v) is 2.93. The van der Waals surface area contributed by atoms with Crippen molar-refractivity contribution in [1.29, 1.82) is 0 Å². The Morgan fingerprint density at radius 2 is 1.77 bits per heavy atom. The van der Waals surface area contributed by atoms with Crippen LogP contribution < -0.4 is 4.90 Å². The van der Waals surface area contributed by atoms with E-state index in [1.807, 2.05) is 4.90 Å². The lowest BCUT2D eigenvalue weighted by atomic mass is 10.2. The summed E-state index contributed by atoms with van der Waals surface area (Å²) in [6.45, 7) is 1.90. The summed E-state index contributed by atoms with van der Waals surface area (Å²) < 4.78 is 5.08. The number of hydrogen-bond acceptors (Lipinski definition) is 6. The molecule has 3 rings (SSSR count). The lowest BCUT2D eigenvalue weighted by Crippen LogP contribution is -2.50. The topological polar surface area (TPSA) is 75.6 Å².